The Kier molecular flexibility index (Phi) is 13.5. The van der Waals surface area contributed by atoms with Gasteiger partial charge in [0.1, 0.15) is 12.6 Å². The number of esters is 1. The van der Waals surface area contributed by atoms with Gasteiger partial charge in [0.25, 0.3) is 0 Å². The Morgan fingerprint density at radius 3 is 2.18 bits per heavy atom. The van der Waals surface area contributed by atoms with Gasteiger partial charge in [-0.25, -0.2) is 0 Å². The van der Waals surface area contributed by atoms with Crippen molar-refractivity contribution < 1.29 is 29.0 Å². The second-order valence-electron chi connectivity index (χ2n) is 21.6. The number of aliphatic carboxylic acids is 1. The first-order valence-electron chi connectivity index (χ1n) is 22.6. The highest BCUT2D eigenvalue weighted by Crippen LogP contribution is 2.77. The number of rotatable bonds is 16. The van der Waals surface area contributed by atoms with Crippen molar-refractivity contribution in [2.24, 2.45) is 62.1 Å². The first kappa shape index (κ1) is 45.2. The normalized spacial score (nSPS) is 36.6. The van der Waals surface area contributed by atoms with Crippen molar-refractivity contribution in [2.75, 3.05) is 20.1 Å². The van der Waals surface area contributed by atoms with E-state index in [9.17, 15) is 24.3 Å². The molecular weight excluding hydrogens is 715 g/mol. The maximum atomic E-state index is 14.5. The van der Waals surface area contributed by atoms with Crippen molar-refractivity contribution in [3.8, 4) is 6.07 Å². The Morgan fingerprint density at radius 2 is 1.53 bits per heavy atom. The van der Waals surface area contributed by atoms with Gasteiger partial charge in [-0.1, -0.05) is 72.5 Å². The smallest absolute Gasteiger partial charge is 0.309 e. The van der Waals surface area contributed by atoms with Gasteiger partial charge in [0, 0.05) is 25.4 Å². The minimum atomic E-state index is -1.16. The standard InChI is InChI=1S/C48H77N3O6/c1-32(2)33-20-25-48(41(54)50-29-16-14-12-11-13-15-17-38(52)51(10)30-28-49)27-26-46(8)34(40(33)48)18-19-36-45(7)23-22-37(57-39(53)31-43(3,4)42(55)56)44(5,6)35(45)21-24-47(36,46)9/h33-37,40H,1,11-27,29-31H2,2-10H3,(H,50,54)(H,55,56)/t33-,34+,35-,36+,37-,40+,45-,46+,47+,48-/m0/s1. The number of nitriles is 1. The highest BCUT2D eigenvalue weighted by molar-refractivity contribution is 5.84. The number of carboxylic acids is 1. The number of amides is 2. The summed E-state index contributed by atoms with van der Waals surface area (Å²) >= 11 is 0. The van der Waals surface area contributed by atoms with Crippen molar-refractivity contribution in [3.05, 3.63) is 12.2 Å². The number of fused-ring (bicyclic) bond motifs is 7. The molecule has 5 aliphatic rings. The number of carboxylic acid groups (broad SMARTS) is 1. The third-order valence-corrected chi connectivity index (χ3v) is 17.7. The third-order valence-electron chi connectivity index (χ3n) is 17.7. The van der Waals surface area contributed by atoms with Crippen molar-refractivity contribution >= 4 is 23.8 Å². The fraction of sp³-hybridized carbons (Fsp3) is 0.854. The summed E-state index contributed by atoms with van der Waals surface area (Å²) < 4.78 is 6.18. The van der Waals surface area contributed by atoms with Gasteiger partial charge < -0.3 is 20.1 Å². The highest BCUT2D eigenvalue weighted by atomic mass is 16.5. The average molecular weight is 792 g/mol. The molecule has 2 amide bonds. The summed E-state index contributed by atoms with van der Waals surface area (Å²) in [4.78, 5) is 53.0. The monoisotopic (exact) mass is 792 g/mol. The minimum Gasteiger partial charge on any atom is -0.481 e. The van der Waals surface area contributed by atoms with Crippen LogP contribution in [0.4, 0.5) is 0 Å². The van der Waals surface area contributed by atoms with Crippen LogP contribution in [0.3, 0.4) is 0 Å². The highest BCUT2D eigenvalue weighted by Gasteiger charge is 2.72. The molecule has 5 aliphatic carbocycles. The van der Waals surface area contributed by atoms with Crippen LogP contribution in [-0.2, 0) is 23.9 Å². The Bertz CT molecular complexity index is 1580. The second-order valence-corrected chi connectivity index (χ2v) is 21.6. The number of allylic oxidation sites excluding steroid dienone is 1. The lowest BCUT2D eigenvalue weighted by Crippen LogP contribution is -2.67. The zero-order valence-electron chi connectivity index (χ0n) is 37.2. The number of carbonyl (C=O) groups is 4. The molecule has 2 N–H and O–H groups in total. The van der Waals surface area contributed by atoms with Gasteiger partial charge in [0.2, 0.25) is 11.8 Å². The molecule has 0 spiro atoms. The van der Waals surface area contributed by atoms with Gasteiger partial charge in [0.15, 0.2) is 0 Å². The van der Waals surface area contributed by atoms with Gasteiger partial charge in [-0.05, 0) is 144 Å². The Balaban J connectivity index is 1.23. The number of carbonyl (C=O) groups excluding carboxylic acids is 3. The van der Waals surface area contributed by atoms with Gasteiger partial charge in [-0.2, -0.15) is 5.26 Å². The van der Waals surface area contributed by atoms with E-state index in [2.05, 4.69) is 53.4 Å². The molecule has 9 nitrogen and oxygen atoms in total. The van der Waals surface area contributed by atoms with Crippen molar-refractivity contribution in [2.45, 2.75) is 177 Å². The summed E-state index contributed by atoms with van der Waals surface area (Å²) in [6.45, 7) is 23.1. The fourth-order valence-electron chi connectivity index (χ4n) is 14.2. The summed E-state index contributed by atoms with van der Waals surface area (Å²) in [6, 6.07) is 2.02. The van der Waals surface area contributed by atoms with Crippen LogP contribution in [0.15, 0.2) is 12.2 Å². The van der Waals surface area contributed by atoms with E-state index in [4.69, 9.17) is 10.00 Å². The predicted octanol–water partition coefficient (Wildman–Crippen LogP) is 9.89. The number of nitrogens with zero attached hydrogens (tertiary/aromatic N) is 2. The van der Waals surface area contributed by atoms with Gasteiger partial charge in [0.05, 0.1) is 23.3 Å². The first-order valence-corrected chi connectivity index (χ1v) is 22.6. The zero-order chi connectivity index (χ0) is 42.2. The molecule has 5 rings (SSSR count). The molecule has 0 saturated heterocycles. The van der Waals surface area contributed by atoms with Crippen LogP contribution in [0, 0.1) is 73.4 Å². The van der Waals surface area contributed by atoms with Crippen LogP contribution in [0.2, 0.25) is 0 Å². The molecule has 320 valence electrons. The Hall–Kier alpha value is -2.89. The molecule has 0 aliphatic heterocycles. The molecule has 9 heteroatoms. The maximum Gasteiger partial charge on any atom is 0.309 e. The molecular formula is C48H77N3O6. The number of nitrogens with one attached hydrogen (secondary N) is 1. The molecule has 5 saturated carbocycles. The summed E-state index contributed by atoms with van der Waals surface area (Å²) in [6.07, 6.45) is 16.6. The van der Waals surface area contributed by atoms with E-state index >= 15 is 0 Å². The zero-order valence-corrected chi connectivity index (χ0v) is 37.2. The van der Waals surface area contributed by atoms with Crippen molar-refractivity contribution in [1.82, 2.24) is 10.2 Å². The van der Waals surface area contributed by atoms with Gasteiger partial charge >= 0.3 is 11.9 Å². The van der Waals surface area contributed by atoms with Crippen LogP contribution in [0.1, 0.15) is 171 Å². The molecule has 5 fully saturated rings. The first-order chi connectivity index (χ1) is 26.6. The minimum absolute atomic E-state index is 0.0369. The molecule has 10 atom stereocenters. The molecule has 0 heterocycles. The van der Waals surface area contributed by atoms with Crippen LogP contribution >= 0.6 is 0 Å². The number of unbranched alkanes of at least 4 members (excludes halogenated alkanes) is 5. The molecule has 0 aromatic carbocycles. The Labute approximate surface area is 344 Å². The third kappa shape index (κ3) is 8.20. The molecule has 0 aromatic rings. The van der Waals surface area contributed by atoms with Crippen molar-refractivity contribution in [1.29, 1.82) is 5.26 Å². The summed E-state index contributed by atoms with van der Waals surface area (Å²) in [5.41, 5.74) is -0.115. The van der Waals surface area contributed by atoms with E-state index in [0.717, 1.165) is 96.3 Å². The summed E-state index contributed by atoms with van der Waals surface area (Å²) in [5, 5.41) is 21.9. The summed E-state index contributed by atoms with van der Waals surface area (Å²) in [5.74, 6) is 1.02. The van der Waals surface area contributed by atoms with Crippen molar-refractivity contribution in [3.63, 3.8) is 0 Å². The average Bonchev–Trinajstić information content (AvgIpc) is 3.53. The maximum absolute atomic E-state index is 14.5. The lowest BCUT2D eigenvalue weighted by molar-refractivity contribution is -0.249. The van der Waals surface area contributed by atoms with Gasteiger partial charge in [-0.15, -0.1) is 0 Å². The van der Waals surface area contributed by atoms with E-state index in [1.807, 2.05) is 6.07 Å². The Morgan fingerprint density at radius 1 is 0.860 bits per heavy atom. The number of hydrogen-bond acceptors (Lipinski definition) is 6. The lowest BCUT2D eigenvalue weighted by Gasteiger charge is -2.72. The molecule has 0 bridgehead atoms. The summed E-state index contributed by atoms with van der Waals surface area (Å²) in [7, 11) is 1.68. The van der Waals surface area contributed by atoms with E-state index < -0.39 is 17.4 Å². The quantitative estimate of drug-likeness (QED) is 0.0687. The van der Waals surface area contributed by atoms with Crippen LogP contribution in [0.25, 0.3) is 0 Å². The second kappa shape index (κ2) is 17.0. The SMILES string of the molecule is C=C(C)[C@@H]1CC[C@]2(C(=O)NCCCCCCCCC(=O)N(C)CC#N)CC[C@]3(C)[C@H](CC[C@@H]4[C@@]5(C)CC[C@H](OC(=O)CC(C)(C)C(=O)O)C(C)(C)[C@@H]5CC[C@]43C)[C@@H]12. The van der Waals surface area contributed by atoms with Crippen LogP contribution in [0.5, 0.6) is 0 Å². The van der Waals surface area contributed by atoms with Gasteiger partial charge in [-0.3, -0.25) is 19.2 Å². The van der Waals surface area contributed by atoms with E-state index in [1.54, 1.807) is 20.9 Å². The van der Waals surface area contributed by atoms with Crippen LogP contribution < -0.4 is 5.32 Å². The molecule has 0 unspecified atom stereocenters. The largest absolute Gasteiger partial charge is 0.481 e. The molecule has 57 heavy (non-hydrogen) atoms. The van der Waals surface area contributed by atoms with Crippen LogP contribution in [-0.4, -0.2) is 60.0 Å². The number of hydrogen-bond donors (Lipinski definition) is 2. The predicted molar refractivity (Wildman–Crippen MR) is 223 cm³/mol. The van der Waals surface area contributed by atoms with E-state index in [-0.39, 0.29) is 58.0 Å². The fourth-order valence-corrected chi connectivity index (χ4v) is 14.2. The lowest BCUT2D eigenvalue weighted by atomic mass is 9.32. The topological polar surface area (TPSA) is 137 Å². The molecule has 0 radical (unpaired) electrons. The van der Waals surface area contributed by atoms with E-state index in [0.29, 0.717) is 42.6 Å². The number of ether oxygens (including phenoxy) is 1. The molecule has 0 aromatic heterocycles. The van der Waals surface area contributed by atoms with E-state index in [1.165, 1.54) is 16.9 Å².